The van der Waals surface area contributed by atoms with Crippen molar-refractivity contribution in [2.45, 2.75) is 33.1 Å². The maximum absolute atomic E-state index is 4.24. The van der Waals surface area contributed by atoms with Crippen molar-refractivity contribution in [3.8, 4) is 11.1 Å². The first-order chi connectivity index (χ1) is 11.4. The van der Waals surface area contributed by atoms with Gasteiger partial charge in [0.05, 0.1) is 0 Å². The van der Waals surface area contributed by atoms with Crippen molar-refractivity contribution in [3.63, 3.8) is 0 Å². The van der Waals surface area contributed by atoms with Crippen LogP contribution in [0.15, 0.2) is 65.4 Å². The van der Waals surface area contributed by atoms with Crippen LogP contribution < -0.4 is 0 Å². The standard InChI is InChI=1S/C22H22BrN/c1-15-12-19(22(3,4)18-8-6-5-7-9-18)13-16(2)21(15)17-10-11-24-20(23)14-17/h5-14H,1-4H3. The summed E-state index contributed by atoms with van der Waals surface area (Å²) in [6.45, 7) is 8.97. The summed E-state index contributed by atoms with van der Waals surface area (Å²) in [5, 5.41) is 0. The maximum atomic E-state index is 4.24. The first-order valence-electron chi connectivity index (χ1n) is 8.19. The molecule has 0 saturated carbocycles. The topological polar surface area (TPSA) is 12.9 Å². The van der Waals surface area contributed by atoms with Crippen molar-refractivity contribution in [2.75, 3.05) is 0 Å². The molecule has 3 rings (SSSR count). The van der Waals surface area contributed by atoms with Crippen molar-refractivity contribution in [2.24, 2.45) is 0 Å². The number of hydrogen-bond donors (Lipinski definition) is 0. The SMILES string of the molecule is Cc1cc(C(C)(C)c2ccccc2)cc(C)c1-c1ccnc(Br)c1. The van der Waals surface area contributed by atoms with E-state index in [4.69, 9.17) is 0 Å². The van der Waals surface area contributed by atoms with E-state index in [1.807, 2.05) is 6.20 Å². The summed E-state index contributed by atoms with van der Waals surface area (Å²) in [6.07, 6.45) is 1.85. The van der Waals surface area contributed by atoms with Crippen LogP contribution >= 0.6 is 15.9 Å². The molecular formula is C22H22BrN. The van der Waals surface area contributed by atoms with E-state index in [0.717, 1.165) is 4.60 Å². The lowest BCUT2D eigenvalue weighted by molar-refractivity contribution is 0.639. The van der Waals surface area contributed by atoms with Crippen molar-refractivity contribution in [1.29, 1.82) is 0 Å². The molecule has 3 aromatic rings. The molecule has 0 atom stereocenters. The number of benzene rings is 2. The normalized spacial score (nSPS) is 11.5. The Morgan fingerprint density at radius 1 is 0.833 bits per heavy atom. The average molecular weight is 380 g/mol. The van der Waals surface area contributed by atoms with E-state index in [1.54, 1.807) is 0 Å². The van der Waals surface area contributed by atoms with Gasteiger partial charge in [0.2, 0.25) is 0 Å². The molecule has 0 bridgehead atoms. The zero-order valence-corrected chi connectivity index (χ0v) is 16.2. The van der Waals surface area contributed by atoms with Crippen molar-refractivity contribution in [3.05, 3.63) is 87.7 Å². The first-order valence-corrected chi connectivity index (χ1v) is 8.98. The minimum Gasteiger partial charge on any atom is -0.249 e. The Hall–Kier alpha value is -1.93. The smallest absolute Gasteiger partial charge is 0.106 e. The molecule has 1 heterocycles. The zero-order chi connectivity index (χ0) is 17.3. The molecule has 0 radical (unpaired) electrons. The summed E-state index contributed by atoms with van der Waals surface area (Å²) in [7, 11) is 0. The van der Waals surface area contributed by atoms with Crippen LogP contribution in [0.2, 0.25) is 0 Å². The molecule has 2 aromatic carbocycles. The Labute approximate surface area is 152 Å². The molecule has 0 spiro atoms. The lowest BCUT2D eigenvalue weighted by Gasteiger charge is -2.28. The van der Waals surface area contributed by atoms with Crippen LogP contribution in [0, 0.1) is 13.8 Å². The number of hydrogen-bond acceptors (Lipinski definition) is 1. The van der Waals surface area contributed by atoms with Gasteiger partial charge in [-0.3, -0.25) is 0 Å². The summed E-state index contributed by atoms with van der Waals surface area (Å²) in [4.78, 5) is 4.24. The van der Waals surface area contributed by atoms with Crippen LogP contribution in [0.1, 0.15) is 36.1 Å². The van der Waals surface area contributed by atoms with Gasteiger partial charge in [0, 0.05) is 11.6 Å². The minimum absolute atomic E-state index is 0.0197. The number of aryl methyl sites for hydroxylation is 2. The molecule has 24 heavy (non-hydrogen) atoms. The molecular weight excluding hydrogens is 358 g/mol. The monoisotopic (exact) mass is 379 g/mol. The number of aromatic nitrogens is 1. The number of pyridine rings is 1. The summed E-state index contributed by atoms with van der Waals surface area (Å²) in [5.74, 6) is 0. The predicted octanol–water partition coefficient (Wildman–Crippen LogP) is 6.45. The quantitative estimate of drug-likeness (QED) is 0.476. The van der Waals surface area contributed by atoms with Crippen LogP contribution in [-0.4, -0.2) is 4.98 Å². The molecule has 0 aliphatic carbocycles. The van der Waals surface area contributed by atoms with Gasteiger partial charge >= 0.3 is 0 Å². The van der Waals surface area contributed by atoms with E-state index in [1.165, 1.54) is 33.4 Å². The summed E-state index contributed by atoms with van der Waals surface area (Å²) in [6, 6.07) is 19.5. The van der Waals surface area contributed by atoms with E-state index < -0.39 is 0 Å². The Morgan fingerprint density at radius 3 is 2.04 bits per heavy atom. The third-order valence-corrected chi connectivity index (χ3v) is 5.20. The highest BCUT2D eigenvalue weighted by Gasteiger charge is 2.24. The second kappa shape index (κ2) is 6.52. The fourth-order valence-corrected chi connectivity index (χ4v) is 3.72. The second-order valence-corrected chi connectivity index (χ2v) is 7.66. The molecule has 0 saturated heterocycles. The van der Waals surface area contributed by atoms with Gasteiger partial charge in [-0.05, 0) is 75.3 Å². The molecule has 0 aliphatic heterocycles. The number of rotatable bonds is 3. The van der Waals surface area contributed by atoms with Gasteiger partial charge in [-0.15, -0.1) is 0 Å². The van der Waals surface area contributed by atoms with E-state index >= 15 is 0 Å². The van der Waals surface area contributed by atoms with Crippen molar-refractivity contribution >= 4 is 15.9 Å². The predicted molar refractivity (Wildman–Crippen MR) is 105 cm³/mol. The lowest BCUT2D eigenvalue weighted by atomic mass is 9.76. The molecule has 122 valence electrons. The van der Waals surface area contributed by atoms with Gasteiger partial charge in [-0.2, -0.15) is 0 Å². The lowest BCUT2D eigenvalue weighted by Crippen LogP contribution is -2.19. The summed E-state index contributed by atoms with van der Waals surface area (Å²) < 4.78 is 0.868. The van der Waals surface area contributed by atoms with Gasteiger partial charge in [-0.25, -0.2) is 4.98 Å². The molecule has 0 unspecified atom stereocenters. The highest BCUT2D eigenvalue weighted by Crippen LogP contribution is 2.36. The Bertz CT molecular complexity index is 843. The fourth-order valence-electron chi connectivity index (χ4n) is 3.36. The first kappa shape index (κ1) is 16.9. The Kier molecular flexibility index (Phi) is 4.60. The van der Waals surface area contributed by atoms with Gasteiger partial charge in [-0.1, -0.05) is 56.3 Å². The third-order valence-electron chi connectivity index (χ3n) is 4.77. The Morgan fingerprint density at radius 2 is 1.46 bits per heavy atom. The summed E-state index contributed by atoms with van der Waals surface area (Å²) >= 11 is 3.47. The van der Waals surface area contributed by atoms with Gasteiger partial charge < -0.3 is 0 Å². The maximum Gasteiger partial charge on any atom is 0.106 e. The number of nitrogens with zero attached hydrogens (tertiary/aromatic N) is 1. The van der Waals surface area contributed by atoms with E-state index in [9.17, 15) is 0 Å². The highest BCUT2D eigenvalue weighted by molar-refractivity contribution is 9.10. The van der Waals surface area contributed by atoms with E-state index in [0.29, 0.717) is 0 Å². The van der Waals surface area contributed by atoms with Gasteiger partial charge in [0.1, 0.15) is 4.60 Å². The van der Waals surface area contributed by atoms with Gasteiger partial charge in [0.25, 0.3) is 0 Å². The van der Waals surface area contributed by atoms with Crippen LogP contribution in [0.25, 0.3) is 11.1 Å². The second-order valence-electron chi connectivity index (χ2n) is 6.84. The molecule has 1 aromatic heterocycles. The fraction of sp³-hybridized carbons (Fsp3) is 0.227. The zero-order valence-electron chi connectivity index (χ0n) is 14.6. The molecule has 2 heteroatoms. The minimum atomic E-state index is -0.0197. The highest BCUT2D eigenvalue weighted by atomic mass is 79.9. The average Bonchev–Trinajstić information content (AvgIpc) is 2.55. The molecule has 0 fully saturated rings. The van der Waals surface area contributed by atoms with Crippen LogP contribution in [0.4, 0.5) is 0 Å². The van der Waals surface area contributed by atoms with Crippen LogP contribution in [-0.2, 0) is 5.41 Å². The largest absolute Gasteiger partial charge is 0.249 e. The third kappa shape index (κ3) is 3.16. The number of halogens is 1. The Balaban J connectivity index is 2.11. The van der Waals surface area contributed by atoms with Crippen molar-refractivity contribution < 1.29 is 0 Å². The molecule has 0 aliphatic rings. The van der Waals surface area contributed by atoms with Crippen molar-refractivity contribution in [1.82, 2.24) is 4.98 Å². The molecule has 0 N–H and O–H groups in total. The molecule has 0 amide bonds. The van der Waals surface area contributed by atoms with Gasteiger partial charge in [0.15, 0.2) is 0 Å². The van der Waals surface area contributed by atoms with Crippen LogP contribution in [0.3, 0.4) is 0 Å². The molecule has 1 nitrogen and oxygen atoms in total. The van der Waals surface area contributed by atoms with E-state index in [2.05, 4.69) is 103 Å². The summed E-state index contributed by atoms with van der Waals surface area (Å²) in [5.41, 5.74) is 7.76. The van der Waals surface area contributed by atoms with E-state index in [-0.39, 0.29) is 5.41 Å². The van der Waals surface area contributed by atoms with Crippen LogP contribution in [0.5, 0.6) is 0 Å².